The number of rotatable bonds is 2. The van der Waals surface area contributed by atoms with Gasteiger partial charge >= 0.3 is 0 Å². The Labute approximate surface area is 104 Å². The summed E-state index contributed by atoms with van der Waals surface area (Å²) in [5.74, 6) is -0.281. The molecular formula is C12H15N3O3. The molecule has 0 bridgehead atoms. The highest BCUT2D eigenvalue weighted by molar-refractivity contribution is 5.93. The molecule has 0 aromatic carbocycles. The number of carbonyl (C=O) groups is 2. The number of aromatic nitrogens is 1. The van der Waals surface area contributed by atoms with E-state index in [0.717, 1.165) is 0 Å². The van der Waals surface area contributed by atoms with Crippen molar-refractivity contribution in [1.82, 2.24) is 14.8 Å². The van der Waals surface area contributed by atoms with Crippen molar-refractivity contribution < 1.29 is 9.59 Å². The Morgan fingerprint density at radius 2 is 2.00 bits per heavy atom. The fraction of sp³-hybridized carbons (Fsp3) is 0.417. The van der Waals surface area contributed by atoms with Crippen molar-refractivity contribution in [2.75, 3.05) is 13.1 Å². The van der Waals surface area contributed by atoms with Crippen molar-refractivity contribution in [3.8, 4) is 0 Å². The Morgan fingerprint density at radius 3 is 2.61 bits per heavy atom. The van der Waals surface area contributed by atoms with Gasteiger partial charge in [0.2, 0.25) is 5.91 Å². The standard InChI is InChI=1S/C12H15N3O3/c1-8(16)15-6-9(7-15)13-12(18)10-4-3-5-11(17)14(10)2/h3-5,9H,6-7H2,1-2H3,(H,13,18). The van der Waals surface area contributed by atoms with E-state index < -0.39 is 0 Å². The van der Waals surface area contributed by atoms with Crippen LogP contribution in [0.4, 0.5) is 0 Å². The van der Waals surface area contributed by atoms with Gasteiger partial charge in [0.25, 0.3) is 11.5 Å². The van der Waals surface area contributed by atoms with Crippen LogP contribution < -0.4 is 10.9 Å². The van der Waals surface area contributed by atoms with Crippen LogP contribution in [-0.2, 0) is 11.8 Å². The van der Waals surface area contributed by atoms with Crippen molar-refractivity contribution in [2.24, 2.45) is 7.05 Å². The van der Waals surface area contributed by atoms with Crippen LogP contribution in [0, 0.1) is 0 Å². The lowest BCUT2D eigenvalue weighted by Gasteiger charge is -2.38. The lowest BCUT2D eigenvalue weighted by atomic mass is 10.1. The average molecular weight is 249 g/mol. The molecule has 1 saturated heterocycles. The quantitative estimate of drug-likeness (QED) is 0.756. The molecule has 1 N–H and O–H groups in total. The molecule has 6 heteroatoms. The van der Waals surface area contributed by atoms with E-state index in [-0.39, 0.29) is 23.4 Å². The number of likely N-dealkylation sites (tertiary alicyclic amines) is 1. The first-order chi connectivity index (χ1) is 8.49. The molecule has 2 rings (SSSR count). The van der Waals surface area contributed by atoms with Crippen LogP contribution >= 0.6 is 0 Å². The SMILES string of the molecule is CC(=O)N1CC(NC(=O)c2cccc(=O)n2C)C1. The largest absolute Gasteiger partial charge is 0.344 e. The van der Waals surface area contributed by atoms with Crippen LogP contribution in [0.3, 0.4) is 0 Å². The van der Waals surface area contributed by atoms with E-state index in [4.69, 9.17) is 0 Å². The summed E-state index contributed by atoms with van der Waals surface area (Å²) in [7, 11) is 1.56. The van der Waals surface area contributed by atoms with Crippen LogP contribution in [0.15, 0.2) is 23.0 Å². The summed E-state index contributed by atoms with van der Waals surface area (Å²) in [6, 6.07) is 4.52. The zero-order chi connectivity index (χ0) is 13.3. The first-order valence-corrected chi connectivity index (χ1v) is 5.71. The van der Waals surface area contributed by atoms with Gasteiger partial charge in [0.15, 0.2) is 0 Å². The molecule has 18 heavy (non-hydrogen) atoms. The highest BCUT2D eigenvalue weighted by Gasteiger charge is 2.30. The summed E-state index contributed by atoms with van der Waals surface area (Å²) in [4.78, 5) is 35.9. The Kier molecular flexibility index (Phi) is 3.18. The van der Waals surface area contributed by atoms with Gasteiger partial charge in [-0.05, 0) is 6.07 Å². The number of carbonyl (C=O) groups excluding carboxylic acids is 2. The highest BCUT2D eigenvalue weighted by atomic mass is 16.2. The van der Waals surface area contributed by atoms with Gasteiger partial charge < -0.3 is 14.8 Å². The van der Waals surface area contributed by atoms with Gasteiger partial charge in [0, 0.05) is 33.1 Å². The van der Waals surface area contributed by atoms with Crippen molar-refractivity contribution in [3.63, 3.8) is 0 Å². The van der Waals surface area contributed by atoms with Crippen LogP contribution in [-0.4, -0.2) is 40.4 Å². The predicted octanol–water partition coefficient (Wildman–Crippen LogP) is -0.654. The molecule has 0 atom stereocenters. The van der Waals surface area contributed by atoms with E-state index in [0.29, 0.717) is 18.8 Å². The van der Waals surface area contributed by atoms with E-state index in [2.05, 4.69) is 5.32 Å². The maximum Gasteiger partial charge on any atom is 0.268 e. The molecular weight excluding hydrogens is 234 g/mol. The number of hydrogen-bond acceptors (Lipinski definition) is 3. The number of pyridine rings is 1. The fourth-order valence-corrected chi connectivity index (χ4v) is 1.88. The molecule has 1 aliphatic rings. The van der Waals surface area contributed by atoms with E-state index in [1.807, 2.05) is 0 Å². The van der Waals surface area contributed by atoms with Gasteiger partial charge in [-0.2, -0.15) is 0 Å². The Bertz CT molecular complexity index is 544. The smallest absolute Gasteiger partial charge is 0.268 e. The Balaban J connectivity index is 2.00. The number of amides is 2. The summed E-state index contributed by atoms with van der Waals surface area (Å²) in [5, 5.41) is 2.79. The molecule has 96 valence electrons. The molecule has 1 aliphatic heterocycles. The first-order valence-electron chi connectivity index (χ1n) is 5.71. The minimum Gasteiger partial charge on any atom is -0.344 e. The van der Waals surface area contributed by atoms with Gasteiger partial charge in [-0.3, -0.25) is 14.4 Å². The van der Waals surface area contributed by atoms with Gasteiger partial charge in [-0.1, -0.05) is 6.07 Å². The van der Waals surface area contributed by atoms with Gasteiger partial charge in [0.05, 0.1) is 6.04 Å². The van der Waals surface area contributed by atoms with Crippen molar-refractivity contribution in [1.29, 1.82) is 0 Å². The Hall–Kier alpha value is -2.11. The summed E-state index contributed by atoms with van der Waals surface area (Å²) in [6.07, 6.45) is 0. The van der Waals surface area contributed by atoms with Gasteiger partial charge in [-0.25, -0.2) is 0 Å². The summed E-state index contributed by atoms with van der Waals surface area (Å²) in [5.41, 5.74) is 0.102. The van der Waals surface area contributed by atoms with E-state index in [1.54, 1.807) is 24.1 Å². The summed E-state index contributed by atoms with van der Waals surface area (Å²) < 4.78 is 1.30. The van der Waals surface area contributed by atoms with Crippen molar-refractivity contribution >= 4 is 11.8 Å². The predicted molar refractivity (Wildman–Crippen MR) is 65.2 cm³/mol. The molecule has 0 aliphatic carbocycles. The first kappa shape index (κ1) is 12.3. The number of hydrogen-bond donors (Lipinski definition) is 1. The molecule has 6 nitrogen and oxygen atoms in total. The topological polar surface area (TPSA) is 71.4 Å². The van der Waals surface area contributed by atoms with Crippen LogP contribution in [0.1, 0.15) is 17.4 Å². The third kappa shape index (κ3) is 2.27. The molecule has 0 unspecified atom stereocenters. The van der Waals surface area contributed by atoms with E-state index in [1.165, 1.54) is 17.6 Å². The monoisotopic (exact) mass is 249 g/mol. The Morgan fingerprint density at radius 1 is 1.33 bits per heavy atom. The molecule has 1 aromatic heterocycles. The van der Waals surface area contributed by atoms with E-state index in [9.17, 15) is 14.4 Å². The molecule has 2 amide bonds. The van der Waals surface area contributed by atoms with Gasteiger partial charge in [0.1, 0.15) is 5.69 Å². The minimum atomic E-state index is -0.289. The molecule has 1 fully saturated rings. The summed E-state index contributed by atoms with van der Waals surface area (Å²) in [6.45, 7) is 2.56. The second-order valence-corrected chi connectivity index (χ2v) is 4.40. The second-order valence-electron chi connectivity index (χ2n) is 4.40. The zero-order valence-electron chi connectivity index (χ0n) is 10.3. The number of nitrogens with one attached hydrogen (secondary N) is 1. The number of nitrogens with zero attached hydrogens (tertiary/aromatic N) is 2. The van der Waals surface area contributed by atoms with Crippen LogP contribution in [0.2, 0.25) is 0 Å². The lowest BCUT2D eigenvalue weighted by Crippen LogP contribution is -2.60. The average Bonchev–Trinajstić information content (AvgIpc) is 2.25. The molecule has 0 radical (unpaired) electrons. The molecule has 0 saturated carbocycles. The zero-order valence-corrected chi connectivity index (χ0v) is 10.3. The molecule has 1 aromatic rings. The normalized spacial score (nSPS) is 15.1. The van der Waals surface area contributed by atoms with Crippen LogP contribution in [0.5, 0.6) is 0 Å². The summed E-state index contributed by atoms with van der Waals surface area (Å²) >= 11 is 0. The lowest BCUT2D eigenvalue weighted by molar-refractivity contribution is -0.133. The maximum absolute atomic E-state index is 11.9. The van der Waals surface area contributed by atoms with Gasteiger partial charge in [-0.15, -0.1) is 0 Å². The molecule has 0 spiro atoms. The molecule has 2 heterocycles. The third-order valence-electron chi connectivity index (χ3n) is 3.08. The van der Waals surface area contributed by atoms with Crippen molar-refractivity contribution in [3.05, 3.63) is 34.2 Å². The van der Waals surface area contributed by atoms with Crippen LogP contribution in [0.25, 0.3) is 0 Å². The fourth-order valence-electron chi connectivity index (χ4n) is 1.88. The second kappa shape index (κ2) is 4.64. The van der Waals surface area contributed by atoms with E-state index >= 15 is 0 Å². The van der Waals surface area contributed by atoms with Crippen molar-refractivity contribution in [2.45, 2.75) is 13.0 Å². The maximum atomic E-state index is 11.9. The highest BCUT2D eigenvalue weighted by Crippen LogP contribution is 2.08. The minimum absolute atomic E-state index is 0.00705. The third-order valence-corrected chi connectivity index (χ3v) is 3.08.